The SMILES string of the molecule is Br.F.[Cd].[Cd]. The van der Waals surface area contributed by atoms with Gasteiger partial charge in [-0.2, -0.15) is 0 Å². The Hall–Kier alpha value is 2.25. The summed E-state index contributed by atoms with van der Waals surface area (Å²) in [4.78, 5) is 0. The van der Waals surface area contributed by atoms with Gasteiger partial charge in [0.05, 0.1) is 0 Å². The molecule has 0 nitrogen and oxygen atoms in total. The molecule has 0 amide bonds. The van der Waals surface area contributed by atoms with Crippen LogP contribution < -0.4 is 0 Å². The molecule has 4 heavy (non-hydrogen) atoms. The van der Waals surface area contributed by atoms with E-state index in [4.69, 9.17) is 0 Å². The van der Waals surface area contributed by atoms with Gasteiger partial charge in [-0.15, -0.1) is 17.0 Å². The van der Waals surface area contributed by atoms with Crippen LogP contribution in [0.15, 0.2) is 0 Å². The summed E-state index contributed by atoms with van der Waals surface area (Å²) in [6, 6.07) is 0. The molecule has 0 N–H and O–H groups in total. The molecule has 0 fully saturated rings. The van der Waals surface area contributed by atoms with Crippen molar-refractivity contribution in [1.82, 2.24) is 0 Å². The summed E-state index contributed by atoms with van der Waals surface area (Å²) >= 11 is 0. The van der Waals surface area contributed by atoms with E-state index in [1.165, 1.54) is 0 Å². The van der Waals surface area contributed by atoms with E-state index in [1.54, 1.807) is 0 Å². The normalized spacial score (nSPS) is 0. The summed E-state index contributed by atoms with van der Waals surface area (Å²) in [5.41, 5.74) is 0. The topological polar surface area (TPSA) is 0 Å². The zero-order valence-corrected chi connectivity index (χ0v) is 12.0. The second kappa shape index (κ2) is 18.7. The van der Waals surface area contributed by atoms with Crippen LogP contribution in [-0.2, 0) is 54.6 Å². The molecular weight excluding hydrogens is 324 g/mol. The monoisotopic (exact) mass is 328 g/mol. The Kier molecular flexibility index (Phi) is 159. The van der Waals surface area contributed by atoms with Crippen molar-refractivity contribution in [3.8, 4) is 0 Å². The molecule has 0 aliphatic rings. The first kappa shape index (κ1) is 34.0. The molecule has 4 heteroatoms. The summed E-state index contributed by atoms with van der Waals surface area (Å²) in [5.74, 6) is 0. The molecule has 0 aromatic heterocycles. The Bertz CT molecular complexity index is 6.00. The first-order valence-electron chi connectivity index (χ1n) is 0. The number of hydrogen-bond donors (Lipinski definition) is 0. The third kappa shape index (κ3) is 8.87. The Labute approximate surface area is 75.2 Å². The molecule has 0 spiro atoms. The van der Waals surface area contributed by atoms with Crippen LogP contribution in [0.3, 0.4) is 0 Å². The average Bonchev–Trinajstić information content (AvgIpc) is 0. The van der Waals surface area contributed by atoms with E-state index in [0.29, 0.717) is 0 Å². The van der Waals surface area contributed by atoms with Gasteiger partial charge in [-0.25, -0.2) is 0 Å². The molecule has 0 saturated carbocycles. The van der Waals surface area contributed by atoms with Gasteiger partial charge in [-0.1, -0.05) is 0 Å². The molecule has 0 aliphatic carbocycles. The van der Waals surface area contributed by atoms with Gasteiger partial charge < -0.3 is 0 Å². The summed E-state index contributed by atoms with van der Waals surface area (Å²) in [6.07, 6.45) is 0. The van der Waals surface area contributed by atoms with Crippen LogP contribution in [0.4, 0.5) is 4.70 Å². The molecule has 0 saturated heterocycles. The smallest absolute Gasteiger partial charge is 0 e. The van der Waals surface area contributed by atoms with Crippen molar-refractivity contribution in [1.29, 1.82) is 0 Å². The van der Waals surface area contributed by atoms with Crippen molar-refractivity contribution in [3.63, 3.8) is 0 Å². The van der Waals surface area contributed by atoms with Crippen LogP contribution in [-0.4, -0.2) is 0 Å². The fourth-order valence-corrected chi connectivity index (χ4v) is 0. The van der Waals surface area contributed by atoms with Crippen molar-refractivity contribution >= 4 is 17.0 Å². The van der Waals surface area contributed by atoms with Crippen molar-refractivity contribution in [3.05, 3.63) is 0 Å². The Balaban J connectivity index is 0. The van der Waals surface area contributed by atoms with Crippen molar-refractivity contribution in [2.24, 2.45) is 0 Å². The minimum Gasteiger partial charge on any atom is -0.269 e. The van der Waals surface area contributed by atoms with Gasteiger partial charge in [-0.3, -0.25) is 4.70 Å². The van der Waals surface area contributed by atoms with Gasteiger partial charge in [0.1, 0.15) is 0 Å². The van der Waals surface area contributed by atoms with Crippen LogP contribution in [0.25, 0.3) is 0 Å². The van der Waals surface area contributed by atoms with E-state index in [9.17, 15) is 0 Å². The molecule has 20 valence electrons. The summed E-state index contributed by atoms with van der Waals surface area (Å²) < 4.78 is 0. The van der Waals surface area contributed by atoms with Crippen LogP contribution in [0.2, 0.25) is 0 Å². The third-order valence-corrected chi connectivity index (χ3v) is 0. The van der Waals surface area contributed by atoms with Crippen LogP contribution in [0, 0.1) is 0 Å². The van der Waals surface area contributed by atoms with Crippen molar-refractivity contribution in [2.45, 2.75) is 0 Å². The predicted octanol–water partition coefficient (Wildman–Crippen LogP) is 0.725. The van der Waals surface area contributed by atoms with Gasteiger partial charge in [0, 0.05) is 54.6 Å². The molecule has 0 bridgehead atoms. The second-order valence-corrected chi connectivity index (χ2v) is 0. The minimum absolute atomic E-state index is 0. The molecule has 0 aliphatic heterocycles. The van der Waals surface area contributed by atoms with E-state index < -0.39 is 0 Å². The Morgan fingerprint density at radius 3 is 0.750 bits per heavy atom. The maximum Gasteiger partial charge on any atom is 0 e. The molecule has 0 atom stereocenters. The summed E-state index contributed by atoms with van der Waals surface area (Å²) in [7, 11) is 0. The van der Waals surface area contributed by atoms with Gasteiger partial charge >= 0.3 is 0 Å². The maximum atomic E-state index is 0. The van der Waals surface area contributed by atoms with Gasteiger partial charge in [0.15, 0.2) is 0 Å². The van der Waals surface area contributed by atoms with Crippen LogP contribution in [0.5, 0.6) is 0 Å². The average molecular weight is 326 g/mol. The Morgan fingerprint density at radius 1 is 0.750 bits per heavy atom. The molecule has 0 aromatic carbocycles. The third-order valence-electron chi connectivity index (χ3n) is 0. The number of hydrogen-bond acceptors (Lipinski definition) is 0. The zero-order valence-electron chi connectivity index (χ0n) is 2.23. The largest absolute Gasteiger partial charge is 0.269 e. The standard InChI is InChI=1S/BrH.2Cd.FH/h1H;;;1H. The summed E-state index contributed by atoms with van der Waals surface area (Å²) in [5, 5.41) is 0. The molecule has 0 radical (unpaired) electrons. The second-order valence-electron chi connectivity index (χ2n) is 0. The van der Waals surface area contributed by atoms with Crippen LogP contribution in [0.1, 0.15) is 0 Å². The van der Waals surface area contributed by atoms with E-state index in [0.717, 1.165) is 0 Å². The predicted molar refractivity (Wildman–Crippen MR) is 12.8 cm³/mol. The van der Waals surface area contributed by atoms with Gasteiger partial charge in [0.2, 0.25) is 0 Å². The van der Waals surface area contributed by atoms with E-state index >= 15 is 0 Å². The van der Waals surface area contributed by atoms with Crippen molar-refractivity contribution < 1.29 is 59.3 Å². The van der Waals surface area contributed by atoms with Crippen molar-refractivity contribution in [2.75, 3.05) is 0 Å². The van der Waals surface area contributed by atoms with E-state index in [1.807, 2.05) is 0 Å². The number of halogens is 2. The molecule has 0 unspecified atom stereocenters. The molecule has 0 aromatic rings. The molecular formula is H2BrCd2F. The van der Waals surface area contributed by atoms with Gasteiger partial charge in [0.25, 0.3) is 0 Å². The number of rotatable bonds is 0. The fourth-order valence-electron chi connectivity index (χ4n) is 0. The molecule has 0 heterocycles. The van der Waals surface area contributed by atoms with Gasteiger partial charge in [-0.05, 0) is 0 Å². The van der Waals surface area contributed by atoms with E-state index in [2.05, 4.69) is 0 Å². The van der Waals surface area contributed by atoms with Crippen LogP contribution >= 0.6 is 17.0 Å². The molecule has 0 rings (SSSR count). The first-order valence-corrected chi connectivity index (χ1v) is 0. The summed E-state index contributed by atoms with van der Waals surface area (Å²) in [6.45, 7) is 0. The maximum absolute atomic E-state index is 0. The minimum atomic E-state index is 0. The first-order chi connectivity index (χ1) is 0. The quantitative estimate of drug-likeness (QED) is 0.576. The van der Waals surface area contributed by atoms with E-state index in [-0.39, 0.29) is 76.3 Å². The fraction of sp³-hybridized carbons (Fsp3) is 0. The zero-order chi connectivity index (χ0) is 0. The Morgan fingerprint density at radius 2 is 0.750 bits per heavy atom.